The fraction of sp³-hybridized carbons (Fsp3) is 0. The zero-order valence-electron chi connectivity index (χ0n) is 8.65. The maximum Gasteiger partial charge on any atom is 0.227 e. The van der Waals surface area contributed by atoms with Gasteiger partial charge in [-0.2, -0.15) is 0 Å². The second-order valence-electron chi connectivity index (χ2n) is 3.64. The molecule has 1 aromatic heterocycles. The predicted octanol–water partition coefficient (Wildman–Crippen LogP) is 4.29. The molecule has 0 spiro atoms. The Balaban J connectivity index is 2.18. The van der Waals surface area contributed by atoms with Gasteiger partial charge in [-0.05, 0) is 36.4 Å². The van der Waals surface area contributed by atoms with E-state index in [1.54, 1.807) is 30.3 Å². The van der Waals surface area contributed by atoms with E-state index in [9.17, 15) is 4.39 Å². The minimum absolute atomic E-state index is 0.317. The number of aromatic nitrogens is 1. The monoisotopic (exact) mass is 247 g/mol. The van der Waals surface area contributed by atoms with Crippen molar-refractivity contribution in [1.29, 1.82) is 0 Å². The van der Waals surface area contributed by atoms with E-state index in [4.69, 9.17) is 16.0 Å². The van der Waals surface area contributed by atoms with E-state index in [1.807, 2.05) is 0 Å². The zero-order chi connectivity index (χ0) is 11.8. The van der Waals surface area contributed by atoms with Crippen LogP contribution in [0.3, 0.4) is 0 Å². The van der Waals surface area contributed by atoms with Gasteiger partial charge in [0.05, 0.1) is 0 Å². The Morgan fingerprint density at radius 2 is 2.00 bits per heavy atom. The van der Waals surface area contributed by atoms with E-state index in [0.29, 0.717) is 27.6 Å². The molecule has 0 fully saturated rings. The minimum Gasteiger partial charge on any atom is -0.436 e. The van der Waals surface area contributed by atoms with Gasteiger partial charge in [-0.1, -0.05) is 17.7 Å². The molecule has 3 aromatic rings. The van der Waals surface area contributed by atoms with Gasteiger partial charge in [0, 0.05) is 10.6 Å². The molecule has 2 nitrogen and oxygen atoms in total. The Morgan fingerprint density at radius 1 is 1.12 bits per heavy atom. The summed E-state index contributed by atoms with van der Waals surface area (Å²) in [5.41, 5.74) is 1.91. The Morgan fingerprint density at radius 3 is 2.82 bits per heavy atom. The highest BCUT2D eigenvalue weighted by Gasteiger charge is 2.08. The summed E-state index contributed by atoms with van der Waals surface area (Å²) >= 11 is 5.86. The molecule has 0 bridgehead atoms. The van der Waals surface area contributed by atoms with Crippen LogP contribution < -0.4 is 0 Å². The van der Waals surface area contributed by atoms with Crippen molar-refractivity contribution in [1.82, 2.24) is 4.98 Å². The lowest BCUT2D eigenvalue weighted by Crippen LogP contribution is -1.78. The highest BCUT2D eigenvalue weighted by Crippen LogP contribution is 2.26. The van der Waals surface area contributed by atoms with Gasteiger partial charge in [0.25, 0.3) is 0 Å². The lowest BCUT2D eigenvalue weighted by molar-refractivity contribution is 0.611. The fourth-order valence-electron chi connectivity index (χ4n) is 1.65. The summed E-state index contributed by atoms with van der Waals surface area (Å²) in [6.07, 6.45) is 0. The lowest BCUT2D eigenvalue weighted by Gasteiger charge is -1.93. The normalized spacial score (nSPS) is 10.9. The summed E-state index contributed by atoms with van der Waals surface area (Å²) < 4.78 is 18.6. The van der Waals surface area contributed by atoms with E-state index in [-0.39, 0.29) is 5.82 Å². The third-order valence-electron chi connectivity index (χ3n) is 2.42. The number of nitrogens with zero attached hydrogens (tertiary/aromatic N) is 1. The smallest absolute Gasteiger partial charge is 0.227 e. The van der Waals surface area contributed by atoms with Gasteiger partial charge in [-0.3, -0.25) is 0 Å². The van der Waals surface area contributed by atoms with Crippen LogP contribution in [0.2, 0.25) is 5.02 Å². The molecule has 1 heterocycles. The van der Waals surface area contributed by atoms with Crippen molar-refractivity contribution in [2.45, 2.75) is 0 Å². The Hall–Kier alpha value is -1.87. The number of benzene rings is 2. The van der Waals surface area contributed by atoms with Crippen LogP contribution in [0.1, 0.15) is 0 Å². The van der Waals surface area contributed by atoms with Gasteiger partial charge < -0.3 is 4.42 Å². The molecule has 2 aromatic carbocycles. The van der Waals surface area contributed by atoms with Crippen LogP contribution >= 0.6 is 11.6 Å². The molecule has 4 heteroatoms. The number of oxazole rings is 1. The summed E-state index contributed by atoms with van der Waals surface area (Å²) in [4.78, 5) is 4.27. The van der Waals surface area contributed by atoms with Crippen molar-refractivity contribution in [2.24, 2.45) is 0 Å². The fourth-order valence-corrected chi connectivity index (χ4v) is 1.81. The number of halogens is 2. The molecule has 0 radical (unpaired) electrons. The molecule has 0 amide bonds. The molecular formula is C13H7ClFNO. The summed E-state index contributed by atoms with van der Waals surface area (Å²) in [6, 6.07) is 11.3. The van der Waals surface area contributed by atoms with Gasteiger partial charge in [0.15, 0.2) is 5.58 Å². The molecule has 84 valence electrons. The number of rotatable bonds is 1. The number of hydrogen-bond acceptors (Lipinski definition) is 2. The van der Waals surface area contributed by atoms with Crippen LogP contribution in [0.4, 0.5) is 4.39 Å². The largest absolute Gasteiger partial charge is 0.436 e. The van der Waals surface area contributed by atoms with Crippen molar-refractivity contribution in [3.8, 4) is 11.5 Å². The molecule has 0 saturated carbocycles. The van der Waals surface area contributed by atoms with Crippen molar-refractivity contribution < 1.29 is 8.81 Å². The van der Waals surface area contributed by atoms with Crippen molar-refractivity contribution in [2.75, 3.05) is 0 Å². The molecule has 0 atom stereocenters. The molecule has 0 N–H and O–H groups in total. The first-order valence-corrected chi connectivity index (χ1v) is 5.42. The summed E-state index contributed by atoms with van der Waals surface area (Å²) in [6.45, 7) is 0. The molecule has 17 heavy (non-hydrogen) atoms. The number of hydrogen-bond donors (Lipinski definition) is 0. The minimum atomic E-state index is -0.317. The first-order chi connectivity index (χ1) is 8.22. The van der Waals surface area contributed by atoms with Gasteiger partial charge in [0.2, 0.25) is 5.89 Å². The average Bonchev–Trinajstić information content (AvgIpc) is 2.72. The second-order valence-corrected chi connectivity index (χ2v) is 4.08. The van der Waals surface area contributed by atoms with Crippen LogP contribution in [0.25, 0.3) is 22.6 Å². The second kappa shape index (κ2) is 3.86. The van der Waals surface area contributed by atoms with Gasteiger partial charge in [-0.15, -0.1) is 0 Å². The van der Waals surface area contributed by atoms with Gasteiger partial charge in [-0.25, -0.2) is 9.37 Å². The van der Waals surface area contributed by atoms with E-state index in [1.165, 1.54) is 12.1 Å². The summed E-state index contributed by atoms with van der Waals surface area (Å²) in [5.74, 6) is 0.0737. The van der Waals surface area contributed by atoms with Crippen molar-refractivity contribution >= 4 is 22.7 Å². The van der Waals surface area contributed by atoms with E-state index < -0.39 is 0 Å². The zero-order valence-corrected chi connectivity index (χ0v) is 9.41. The molecular weight excluding hydrogens is 241 g/mol. The van der Waals surface area contributed by atoms with E-state index in [2.05, 4.69) is 4.98 Å². The first-order valence-electron chi connectivity index (χ1n) is 5.04. The Kier molecular flexibility index (Phi) is 2.34. The molecule has 3 rings (SSSR count). The third kappa shape index (κ3) is 1.89. The molecule has 0 aliphatic carbocycles. The Bertz CT molecular complexity index is 693. The number of fused-ring (bicyclic) bond motifs is 1. The molecule has 0 saturated heterocycles. The molecule has 0 aliphatic rings. The maximum atomic E-state index is 13.1. The average molecular weight is 248 g/mol. The summed E-state index contributed by atoms with van der Waals surface area (Å²) in [5, 5.41) is 0.594. The third-order valence-corrected chi connectivity index (χ3v) is 2.66. The van der Waals surface area contributed by atoms with Gasteiger partial charge >= 0.3 is 0 Å². The Labute approximate surface area is 102 Å². The van der Waals surface area contributed by atoms with E-state index in [0.717, 1.165) is 0 Å². The highest BCUT2D eigenvalue weighted by atomic mass is 35.5. The summed E-state index contributed by atoms with van der Waals surface area (Å²) in [7, 11) is 0. The van der Waals surface area contributed by atoms with Crippen molar-refractivity contribution in [3.63, 3.8) is 0 Å². The van der Waals surface area contributed by atoms with Crippen LogP contribution in [-0.2, 0) is 0 Å². The first kappa shape index (κ1) is 10.3. The lowest BCUT2D eigenvalue weighted by atomic mass is 10.2. The van der Waals surface area contributed by atoms with Crippen LogP contribution in [0.15, 0.2) is 46.9 Å². The maximum absolute atomic E-state index is 13.1. The SMILES string of the molecule is Fc1cccc(-c2nc3cc(Cl)ccc3o2)c1. The van der Waals surface area contributed by atoms with E-state index >= 15 is 0 Å². The van der Waals surface area contributed by atoms with Crippen LogP contribution in [-0.4, -0.2) is 4.98 Å². The molecule has 0 unspecified atom stereocenters. The van der Waals surface area contributed by atoms with Crippen LogP contribution in [0.5, 0.6) is 0 Å². The van der Waals surface area contributed by atoms with Crippen molar-refractivity contribution in [3.05, 3.63) is 53.3 Å². The standard InChI is InChI=1S/C13H7ClFNO/c14-9-4-5-12-11(7-9)16-13(17-12)8-2-1-3-10(15)6-8/h1-7H. The quantitative estimate of drug-likeness (QED) is 0.641. The topological polar surface area (TPSA) is 26.0 Å². The van der Waals surface area contributed by atoms with Gasteiger partial charge in [0.1, 0.15) is 11.3 Å². The highest BCUT2D eigenvalue weighted by molar-refractivity contribution is 6.31. The molecule has 0 aliphatic heterocycles. The van der Waals surface area contributed by atoms with Crippen LogP contribution in [0, 0.1) is 5.82 Å². The predicted molar refractivity (Wildman–Crippen MR) is 64.4 cm³/mol.